The maximum absolute atomic E-state index is 11.0. The number of nitrogens with two attached hydrogens (primary N) is 1. The van der Waals surface area contributed by atoms with Crippen molar-refractivity contribution in [3.63, 3.8) is 0 Å². The Morgan fingerprint density at radius 3 is 2.80 bits per heavy atom. The number of nitrogens with zero attached hydrogens (tertiary/aromatic N) is 2. The Balaban J connectivity index is 2.48. The van der Waals surface area contributed by atoms with Gasteiger partial charge in [0.15, 0.2) is 0 Å². The van der Waals surface area contributed by atoms with Gasteiger partial charge in [-0.3, -0.25) is 9.78 Å². The number of thiazole rings is 1. The second-order valence-electron chi connectivity index (χ2n) is 3.01. The van der Waals surface area contributed by atoms with Crippen molar-refractivity contribution in [1.29, 1.82) is 0 Å². The van der Waals surface area contributed by atoms with Crippen LogP contribution in [-0.2, 0) is 0 Å². The molecule has 0 unspecified atom stereocenters. The number of aromatic nitrogens is 2. The summed E-state index contributed by atoms with van der Waals surface area (Å²) in [6.45, 7) is 1.77. The number of pyridine rings is 1. The molecule has 0 atom stereocenters. The van der Waals surface area contributed by atoms with Crippen LogP contribution in [-0.4, -0.2) is 15.9 Å². The van der Waals surface area contributed by atoms with Gasteiger partial charge in [0, 0.05) is 6.20 Å². The molecule has 0 spiro atoms. The van der Waals surface area contributed by atoms with Crippen LogP contribution in [0.4, 0.5) is 0 Å². The topological polar surface area (TPSA) is 68.9 Å². The van der Waals surface area contributed by atoms with Gasteiger partial charge < -0.3 is 5.73 Å². The lowest BCUT2D eigenvalue weighted by atomic mass is 10.3. The molecule has 0 saturated heterocycles. The lowest BCUT2D eigenvalue weighted by Gasteiger charge is -1.91. The Kier molecular flexibility index (Phi) is 2.47. The molecule has 2 heterocycles. The number of hydrogen-bond acceptors (Lipinski definition) is 4. The van der Waals surface area contributed by atoms with Crippen molar-refractivity contribution in [2.45, 2.75) is 6.92 Å². The van der Waals surface area contributed by atoms with Crippen LogP contribution < -0.4 is 5.73 Å². The molecule has 76 valence electrons. The second kappa shape index (κ2) is 3.78. The molecule has 2 aromatic heterocycles. The van der Waals surface area contributed by atoms with Crippen molar-refractivity contribution in [2.24, 2.45) is 5.73 Å². The van der Waals surface area contributed by atoms with Crippen molar-refractivity contribution in [1.82, 2.24) is 9.97 Å². The number of primary amides is 1. The fourth-order valence-electron chi connectivity index (χ4n) is 1.22. The van der Waals surface area contributed by atoms with E-state index in [0.717, 1.165) is 10.7 Å². The van der Waals surface area contributed by atoms with Crippen LogP contribution in [0.25, 0.3) is 10.7 Å². The quantitative estimate of drug-likeness (QED) is 0.834. The summed E-state index contributed by atoms with van der Waals surface area (Å²) in [7, 11) is 0. The normalized spacial score (nSPS) is 10.2. The number of rotatable bonds is 2. The molecule has 1 amide bonds. The Labute approximate surface area is 90.8 Å². The minimum absolute atomic E-state index is 0.438. The van der Waals surface area contributed by atoms with E-state index in [1.807, 2.05) is 18.2 Å². The van der Waals surface area contributed by atoms with E-state index in [4.69, 9.17) is 5.73 Å². The highest BCUT2D eigenvalue weighted by Crippen LogP contribution is 2.25. The molecule has 15 heavy (non-hydrogen) atoms. The van der Waals surface area contributed by atoms with Gasteiger partial charge in [-0.2, -0.15) is 0 Å². The first kappa shape index (κ1) is 9.79. The van der Waals surface area contributed by atoms with Crippen LogP contribution in [0.3, 0.4) is 0 Å². The standard InChI is InChI=1S/C10H9N3OS/c1-6-8(9(11)14)15-10(13-6)7-4-2-3-5-12-7/h2-5H,1H3,(H2,11,14). The largest absolute Gasteiger partial charge is 0.365 e. The maximum atomic E-state index is 11.0. The third kappa shape index (κ3) is 1.87. The van der Waals surface area contributed by atoms with Gasteiger partial charge in [0.2, 0.25) is 0 Å². The van der Waals surface area contributed by atoms with E-state index in [1.165, 1.54) is 11.3 Å². The summed E-state index contributed by atoms with van der Waals surface area (Å²) in [5, 5.41) is 0.724. The van der Waals surface area contributed by atoms with Gasteiger partial charge in [0.25, 0.3) is 5.91 Å². The Morgan fingerprint density at radius 1 is 1.47 bits per heavy atom. The molecule has 0 radical (unpaired) electrons. The minimum atomic E-state index is -0.438. The summed E-state index contributed by atoms with van der Waals surface area (Å²) >= 11 is 1.27. The maximum Gasteiger partial charge on any atom is 0.260 e. The highest BCUT2D eigenvalue weighted by molar-refractivity contribution is 7.17. The Bertz CT molecular complexity index is 493. The van der Waals surface area contributed by atoms with E-state index < -0.39 is 5.91 Å². The third-order valence-corrected chi connectivity index (χ3v) is 3.10. The summed E-state index contributed by atoms with van der Waals surface area (Å²) in [4.78, 5) is 20.0. The summed E-state index contributed by atoms with van der Waals surface area (Å²) in [6, 6.07) is 5.56. The molecule has 2 aromatic rings. The van der Waals surface area contributed by atoms with E-state index in [-0.39, 0.29) is 0 Å². The lowest BCUT2D eigenvalue weighted by Crippen LogP contribution is -2.09. The van der Waals surface area contributed by atoms with Gasteiger partial charge in [0.05, 0.1) is 11.4 Å². The summed E-state index contributed by atoms with van der Waals surface area (Å²) < 4.78 is 0. The van der Waals surface area contributed by atoms with Crippen LogP contribution in [0, 0.1) is 6.92 Å². The van der Waals surface area contributed by atoms with Gasteiger partial charge in [-0.15, -0.1) is 11.3 Å². The highest BCUT2D eigenvalue weighted by Gasteiger charge is 2.13. The summed E-state index contributed by atoms with van der Waals surface area (Å²) in [5.41, 5.74) is 6.64. The fourth-order valence-corrected chi connectivity index (χ4v) is 2.12. The van der Waals surface area contributed by atoms with Gasteiger partial charge in [0.1, 0.15) is 9.88 Å². The highest BCUT2D eigenvalue weighted by atomic mass is 32.1. The third-order valence-electron chi connectivity index (χ3n) is 1.90. The zero-order valence-electron chi connectivity index (χ0n) is 8.10. The first-order chi connectivity index (χ1) is 7.18. The number of amides is 1. The van der Waals surface area contributed by atoms with E-state index in [2.05, 4.69) is 9.97 Å². The van der Waals surface area contributed by atoms with E-state index in [1.54, 1.807) is 13.1 Å². The predicted octanol–water partition coefficient (Wildman–Crippen LogP) is 1.61. The molecule has 0 bridgehead atoms. The molecule has 0 fully saturated rings. The molecule has 0 aliphatic heterocycles. The molecule has 0 aliphatic rings. The van der Waals surface area contributed by atoms with Crippen LogP contribution in [0.2, 0.25) is 0 Å². The van der Waals surface area contributed by atoms with E-state index >= 15 is 0 Å². The fraction of sp³-hybridized carbons (Fsp3) is 0.100. The molecule has 4 nitrogen and oxygen atoms in total. The van der Waals surface area contributed by atoms with Crippen LogP contribution in [0.15, 0.2) is 24.4 Å². The van der Waals surface area contributed by atoms with Gasteiger partial charge in [-0.1, -0.05) is 6.07 Å². The monoisotopic (exact) mass is 219 g/mol. The second-order valence-corrected chi connectivity index (χ2v) is 4.01. The molecule has 2 N–H and O–H groups in total. The zero-order valence-corrected chi connectivity index (χ0v) is 8.91. The number of hydrogen-bond donors (Lipinski definition) is 1. The van der Waals surface area contributed by atoms with E-state index in [9.17, 15) is 4.79 Å². The van der Waals surface area contributed by atoms with Crippen molar-refractivity contribution in [3.05, 3.63) is 35.0 Å². The molecule has 5 heteroatoms. The van der Waals surface area contributed by atoms with Crippen molar-refractivity contribution in [3.8, 4) is 10.7 Å². The van der Waals surface area contributed by atoms with Crippen molar-refractivity contribution in [2.75, 3.05) is 0 Å². The lowest BCUT2D eigenvalue weighted by molar-refractivity contribution is 0.100. The Hall–Kier alpha value is -1.75. The molecular weight excluding hydrogens is 210 g/mol. The number of aryl methyl sites for hydroxylation is 1. The average molecular weight is 219 g/mol. The molecule has 2 rings (SSSR count). The first-order valence-corrected chi connectivity index (χ1v) is 5.19. The summed E-state index contributed by atoms with van der Waals surface area (Å²) in [5.74, 6) is -0.438. The SMILES string of the molecule is Cc1nc(-c2ccccn2)sc1C(N)=O. The van der Waals surface area contributed by atoms with E-state index in [0.29, 0.717) is 10.6 Å². The smallest absolute Gasteiger partial charge is 0.260 e. The van der Waals surface area contributed by atoms with Gasteiger partial charge >= 0.3 is 0 Å². The Morgan fingerprint density at radius 2 is 2.27 bits per heavy atom. The first-order valence-electron chi connectivity index (χ1n) is 4.37. The average Bonchev–Trinajstić information content (AvgIpc) is 2.62. The number of carbonyl (C=O) groups excluding carboxylic acids is 1. The number of carbonyl (C=O) groups is 1. The van der Waals surface area contributed by atoms with Crippen LogP contribution in [0.1, 0.15) is 15.4 Å². The molecule has 0 saturated carbocycles. The molecular formula is C10H9N3OS. The minimum Gasteiger partial charge on any atom is -0.365 e. The molecule has 0 aromatic carbocycles. The zero-order chi connectivity index (χ0) is 10.8. The van der Waals surface area contributed by atoms with Gasteiger partial charge in [-0.25, -0.2) is 4.98 Å². The predicted molar refractivity (Wildman–Crippen MR) is 58.6 cm³/mol. The van der Waals surface area contributed by atoms with Crippen LogP contribution in [0.5, 0.6) is 0 Å². The molecule has 0 aliphatic carbocycles. The van der Waals surface area contributed by atoms with Gasteiger partial charge in [-0.05, 0) is 19.1 Å². The van der Waals surface area contributed by atoms with Crippen molar-refractivity contribution >= 4 is 17.2 Å². The van der Waals surface area contributed by atoms with Crippen LogP contribution >= 0.6 is 11.3 Å². The summed E-state index contributed by atoms with van der Waals surface area (Å²) in [6.07, 6.45) is 1.69. The van der Waals surface area contributed by atoms with Crippen molar-refractivity contribution < 1.29 is 4.79 Å².